The second kappa shape index (κ2) is 7.12. The van der Waals surface area contributed by atoms with Crippen LogP contribution in [0, 0.1) is 12.3 Å². The van der Waals surface area contributed by atoms with Gasteiger partial charge in [0, 0.05) is 19.0 Å². The number of fused-ring (bicyclic) bond motifs is 1. The van der Waals surface area contributed by atoms with Crippen molar-refractivity contribution in [3.63, 3.8) is 0 Å². The number of hydrogen-bond acceptors (Lipinski definition) is 2. The predicted molar refractivity (Wildman–Crippen MR) is 84.4 cm³/mol. The van der Waals surface area contributed by atoms with Gasteiger partial charge in [0.25, 0.3) is 0 Å². The van der Waals surface area contributed by atoms with Gasteiger partial charge >= 0.3 is 0 Å². The van der Waals surface area contributed by atoms with E-state index in [1.165, 1.54) is 5.52 Å². The number of aromatic nitrogens is 2. The van der Waals surface area contributed by atoms with Crippen molar-refractivity contribution in [2.75, 3.05) is 0 Å². The highest BCUT2D eigenvalue weighted by molar-refractivity contribution is 5.75. The standard InChI is InChI=1S/C17H23N3/c1-4-9-14(6-3)18-13-17-19-15-10-7-8-11-16(15)20(17)12-5-2/h1,7-8,10-11,14,18H,5-6,9,12-13H2,2-3H3. The maximum Gasteiger partial charge on any atom is 0.123 e. The number of imidazole rings is 1. The number of aryl methyl sites for hydroxylation is 1. The predicted octanol–water partition coefficient (Wildman–Crippen LogP) is 3.34. The molecule has 2 aromatic rings. The molecule has 0 bridgehead atoms. The van der Waals surface area contributed by atoms with E-state index in [0.29, 0.717) is 6.04 Å². The van der Waals surface area contributed by atoms with Gasteiger partial charge < -0.3 is 9.88 Å². The van der Waals surface area contributed by atoms with Crippen LogP contribution < -0.4 is 5.32 Å². The molecule has 0 saturated carbocycles. The molecular formula is C17H23N3. The number of nitrogens with zero attached hydrogens (tertiary/aromatic N) is 2. The maximum absolute atomic E-state index is 5.40. The summed E-state index contributed by atoms with van der Waals surface area (Å²) in [5.41, 5.74) is 2.29. The molecule has 0 spiro atoms. The molecule has 1 heterocycles. The third kappa shape index (κ3) is 3.20. The first-order valence-corrected chi connectivity index (χ1v) is 7.41. The minimum absolute atomic E-state index is 0.370. The Bertz CT molecular complexity index is 592. The summed E-state index contributed by atoms with van der Waals surface area (Å²) in [5.74, 6) is 3.83. The molecule has 0 saturated heterocycles. The first-order valence-electron chi connectivity index (χ1n) is 7.41. The van der Waals surface area contributed by atoms with Crippen LogP contribution in [0.3, 0.4) is 0 Å². The van der Waals surface area contributed by atoms with E-state index in [4.69, 9.17) is 11.4 Å². The summed E-state index contributed by atoms with van der Waals surface area (Å²) in [6.45, 7) is 6.13. The van der Waals surface area contributed by atoms with Crippen molar-refractivity contribution in [2.24, 2.45) is 0 Å². The second-order valence-electron chi connectivity index (χ2n) is 5.06. The Morgan fingerprint density at radius 3 is 2.85 bits per heavy atom. The van der Waals surface area contributed by atoms with Gasteiger partial charge in [-0.25, -0.2) is 4.98 Å². The van der Waals surface area contributed by atoms with Crippen LogP contribution in [-0.2, 0) is 13.1 Å². The highest BCUT2D eigenvalue weighted by Gasteiger charge is 2.11. The van der Waals surface area contributed by atoms with E-state index in [0.717, 1.165) is 43.7 Å². The highest BCUT2D eigenvalue weighted by atomic mass is 15.1. The molecular weight excluding hydrogens is 246 g/mol. The lowest BCUT2D eigenvalue weighted by Crippen LogP contribution is -2.28. The van der Waals surface area contributed by atoms with Crippen LogP contribution in [0.5, 0.6) is 0 Å². The molecule has 1 aromatic heterocycles. The second-order valence-corrected chi connectivity index (χ2v) is 5.06. The Hall–Kier alpha value is -1.79. The van der Waals surface area contributed by atoms with E-state index < -0.39 is 0 Å². The topological polar surface area (TPSA) is 29.9 Å². The summed E-state index contributed by atoms with van der Waals surface area (Å²) in [7, 11) is 0. The largest absolute Gasteiger partial charge is 0.327 e. The van der Waals surface area contributed by atoms with Crippen molar-refractivity contribution in [3.05, 3.63) is 30.1 Å². The van der Waals surface area contributed by atoms with Crippen LogP contribution in [-0.4, -0.2) is 15.6 Å². The summed E-state index contributed by atoms with van der Waals surface area (Å²) in [4.78, 5) is 4.75. The molecule has 0 radical (unpaired) electrons. The normalized spacial score (nSPS) is 12.4. The molecule has 3 heteroatoms. The Balaban J connectivity index is 2.20. The van der Waals surface area contributed by atoms with Gasteiger partial charge in [-0.2, -0.15) is 0 Å². The lowest BCUT2D eigenvalue weighted by molar-refractivity contribution is 0.486. The quantitative estimate of drug-likeness (QED) is 0.781. The van der Waals surface area contributed by atoms with Gasteiger partial charge in [-0.15, -0.1) is 12.3 Å². The van der Waals surface area contributed by atoms with Gasteiger partial charge in [-0.1, -0.05) is 26.0 Å². The molecule has 0 aliphatic carbocycles. The number of rotatable bonds is 7. The molecule has 0 fully saturated rings. The molecule has 20 heavy (non-hydrogen) atoms. The SMILES string of the molecule is C#CCC(CC)NCc1nc2ccccc2n1CCC. The van der Waals surface area contributed by atoms with Crippen molar-refractivity contribution in [3.8, 4) is 12.3 Å². The average molecular weight is 269 g/mol. The van der Waals surface area contributed by atoms with Gasteiger partial charge in [0.05, 0.1) is 17.6 Å². The Morgan fingerprint density at radius 1 is 1.35 bits per heavy atom. The van der Waals surface area contributed by atoms with Gasteiger partial charge in [0.1, 0.15) is 5.82 Å². The van der Waals surface area contributed by atoms with E-state index >= 15 is 0 Å². The number of para-hydroxylation sites is 2. The van der Waals surface area contributed by atoms with Crippen molar-refractivity contribution < 1.29 is 0 Å². The minimum atomic E-state index is 0.370. The lowest BCUT2D eigenvalue weighted by atomic mass is 10.1. The average Bonchev–Trinajstić information content (AvgIpc) is 2.82. The van der Waals surface area contributed by atoms with Crippen molar-refractivity contribution in [1.29, 1.82) is 0 Å². The van der Waals surface area contributed by atoms with Crippen LogP contribution >= 0.6 is 0 Å². The zero-order valence-electron chi connectivity index (χ0n) is 12.4. The molecule has 2 rings (SSSR count). The molecule has 1 atom stereocenters. The molecule has 1 unspecified atom stereocenters. The van der Waals surface area contributed by atoms with Crippen molar-refractivity contribution in [1.82, 2.24) is 14.9 Å². The first-order chi connectivity index (χ1) is 9.80. The number of hydrogen-bond donors (Lipinski definition) is 1. The molecule has 3 nitrogen and oxygen atoms in total. The third-order valence-corrected chi connectivity index (χ3v) is 3.59. The number of nitrogens with one attached hydrogen (secondary N) is 1. The molecule has 0 aliphatic rings. The van der Waals surface area contributed by atoms with Crippen LogP contribution in [0.4, 0.5) is 0 Å². The minimum Gasteiger partial charge on any atom is -0.327 e. The van der Waals surface area contributed by atoms with Gasteiger partial charge in [0.15, 0.2) is 0 Å². The third-order valence-electron chi connectivity index (χ3n) is 3.59. The van der Waals surface area contributed by atoms with Gasteiger partial charge in [-0.3, -0.25) is 0 Å². The summed E-state index contributed by atoms with van der Waals surface area (Å²) >= 11 is 0. The summed E-state index contributed by atoms with van der Waals surface area (Å²) in [5, 5.41) is 3.52. The zero-order valence-corrected chi connectivity index (χ0v) is 12.4. The van der Waals surface area contributed by atoms with Crippen LogP contribution in [0.15, 0.2) is 24.3 Å². The monoisotopic (exact) mass is 269 g/mol. The van der Waals surface area contributed by atoms with Crippen LogP contribution in [0.2, 0.25) is 0 Å². The van der Waals surface area contributed by atoms with Crippen molar-refractivity contribution >= 4 is 11.0 Å². The smallest absolute Gasteiger partial charge is 0.123 e. The fourth-order valence-corrected chi connectivity index (χ4v) is 2.47. The lowest BCUT2D eigenvalue weighted by Gasteiger charge is -2.15. The number of terminal acetylenes is 1. The molecule has 106 valence electrons. The Morgan fingerprint density at radius 2 is 2.15 bits per heavy atom. The molecule has 1 aromatic carbocycles. The number of benzene rings is 1. The van der Waals surface area contributed by atoms with Crippen molar-refractivity contribution in [2.45, 2.75) is 52.2 Å². The zero-order chi connectivity index (χ0) is 14.4. The molecule has 0 amide bonds. The van der Waals surface area contributed by atoms with Gasteiger partial charge in [0.2, 0.25) is 0 Å². The Labute approximate surface area is 121 Å². The van der Waals surface area contributed by atoms with E-state index in [1.807, 2.05) is 6.07 Å². The van der Waals surface area contributed by atoms with E-state index in [1.54, 1.807) is 0 Å². The summed E-state index contributed by atoms with van der Waals surface area (Å²) in [6, 6.07) is 8.69. The van der Waals surface area contributed by atoms with Crippen LogP contribution in [0.25, 0.3) is 11.0 Å². The summed E-state index contributed by atoms with van der Waals surface area (Å²) in [6.07, 6.45) is 8.32. The first kappa shape index (κ1) is 14.6. The van der Waals surface area contributed by atoms with E-state index in [-0.39, 0.29) is 0 Å². The molecule has 0 aliphatic heterocycles. The Kier molecular flexibility index (Phi) is 5.20. The van der Waals surface area contributed by atoms with E-state index in [2.05, 4.69) is 47.9 Å². The molecule has 1 N–H and O–H groups in total. The fraction of sp³-hybridized carbons (Fsp3) is 0.471. The van der Waals surface area contributed by atoms with E-state index in [9.17, 15) is 0 Å². The van der Waals surface area contributed by atoms with Gasteiger partial charge in [-0.05, 0) is 25.0 Å². The maximum atomic E-state index is 5.40. The highest BCUT2D eigenvalue weighted by Crippen LogP contribution is 2.16. The van der Waals surface area contributed by atoms with Crippen LogP contribution in [0.1, 0.15) is 38.9 Å². The fourth-order valence-electron chi connectivity index (χ4n) is 2.47. The summed E-state index contributed by atoms with van der Waals surface area (Å²) < 4.78 is 2.31.